The van der Waals surface area contributed by atoms with Crippen molar-refractivity contribution in [2.24, 2.45) is 5.73 Å². The van der Waals surface area contributed by atoms with E-state index in [0.717, 1.165) is 31.2 Å². The SMILES string of the molecule is NC1Cc2ccc(O)c(CCCCC(=O)O)c2C1. The van der Waals surface area contributed by atoms with E-state index in [1.165, 1.54) is 11.1 Å². The van der Waals surface area contributed by atoms with Gasteiger partial charge < -0.3 is 15.9 Å². The van der Waals surface area contributed by atoms with E-state index >= 15 is 0 Å². The number of phenols is 1. The number of carboxylic acid groups (broad SMARTS) is 1. The maximum Gasteiger partial charge on any atom is 0.303 e. The quantitative estimate of drug-likeness (QED) is 0.692. The third kappa shape index (κ3) is 2.82. The predicted molar refractivity (Wildman–Crippen MR) is 68.7 cm³/mol. The second kappa shape index (κ2) is 5.40. The monoisotopic (exact) mass is 249 g/mol. The zero-order valence-corrected chi connectivity index (χ0v) is 10.4. The summed E-state index contributed by atoms with van der Waals surface area (Å²) >= 11 is 0. The van der Waals surface area contributed by atoms with Gasteiger partial charge in [0.05, 0.1) is 0 Å². The van der Waals surface area contributed by atoms with Gasteiger partial charge in [0.1, 0.15) is 5.75 Å². The first kappa shape index (κ1) is 12.9. The fourth-order valence-corrected chi connectivity index (χ4v) is 2.65. The molecule has 18 heavy (non-hydrogen) atoms. The molecule has 1 unspecified atom stereocenters. The molecule has 1 aromatic rings. The van der Waals surface area contributed by atoms with Gasteiger partial charge in [-0.05, 0) is 54.9 Å². The highest BCUT2D eigenvalue weighted by Gasteiger charge is 2.22. The van der Waals surface area contributed by atoms with E-state index < -0.39 is 5.97 Å². The van der Waals surface area contributed by atoms with Crippen molar-refractivity contribution in [2.75, 3.05) is 0 Å². The zero-order chi connectivity index (χ0) is 13.1. The highest BCUT2D eigenvalue weighted by Crippen LogP contribution is 2.32. The fraction of sp³-hybridized carbons (Fsp3) is 0.500. The molecule has 0 heterocycles. The van der Waals surface area contributed by atoms with Gasteiger partial charge in [-0.1, -0.05) is 6.07 Å². The number of phenolic OH excluding ortho intramolecular Hbond substituents is 1. The van der Waals surface area contributed by atoms with E-state index in [1.54, 1.807) is 6.07 Å². The van der Waals surface area contributed by atoms with Crippen LogP contribution in [0.2, 0.25) is 0 Å². The number of hydrogen-bond donors (Lipinski definition) is 3. The molecule has 1 atom stereocenters. The Balaban J connectivity index is 2.04. The van der Waals surface area contributed by atoms with Crippen molar-refractivity contribution in [3.63, 3.8) is 0 Å². The number of benzene rings is 1. The van der Waals surface area contributed by atoms with E-state index in [4.69, 9.17) is 10.8 Å². The topological polar surface area (TPSA) is 83.5 Å². The van der Waals surface area contributed by atoms with Crippen molar-refractivity contribution in [1.29, 1.82) is 0 Å². The van der Waals surface area contributed by atoms with E-state index in [0.29, 0.717) is 12.2 Å². The lowest BCUT2D eigenvalue weighted by Crippen LogP contribution is -2.19. The number of nitrogens with two attached hydrogens (primary N) is 1. The molecule has 4 N–H and O–H groups in total. The Labute approximate surface area is 106 Å². The van der Waals surface area contributed by atoms with Gasteiger partial charge in [0.15, 0.2) is 0 Å². The minimum atomic E-state index is -0.764. The second-order valence-electron chi connectivity index (χ2n) is 4.97. The molecule has 1 aromatic carbocycles. The smallest absolute Gasteiger partial charge is 0.303 e. The van der Waals surface area contributed by atoms with Gasteiger partial charge in [-0.15, -0.1) is 0 Å². The molecular weight excluding hydrogens is 230 g/mol. The van der Waals surface area contributed by atoms with Crippen LogP contribution >= 0.6 is 0 Å². The molecule has 4 nitrogen and oxygen atoms in total. The summed E-state index contributed by atoms with van der Waals surface area (Å²) < 4.78 is 0. The molecule has 0 aliphatic heterocycles. The Morgan fingerprint density at radius 3 is 2.83 bits per heavy atom. The van der Waals surface area contributed by atoms with E-state index in [1.807, 2.05) is 6.07 Å². The number of carboxylic acids is 1. The van der Waals surface area contributed by atoms with Crippen LogP contribution in [-0.4, -0.2) is 22.2 Å². The standard InChI is InChI=1S/C14H19NO3/c15-10-7-9-5-6-13(16)11(12(9)8-10)3-1-2-4-14(17)18/h5-6,10,16H,1-4,7-8,15H2,(H,17,18). The number of rotatable bonds is 5. The molecule has 1 aliphatic rings. The van der Waals surface area contributed by atoms with E-state index in [9.17, 15) is 9.90 Å². The molecule has 4 heteroatoms. The molecule has 1 aliphatic carbocycles. The molecule has 0 saturated carbocycles. The Hall–Kier alpha value is -1.55. The van der Waals surface area contributed by atoms with Gasteiger partial charge >= 0.3 is 5.97 Å². The lowest BCUT2D eigenvalue weighted by Gasteiger charge is -2.10. The zero-order valence-electron chi connectivity index (χ0n) is 10.4. The summed E-state index contributed by atoms with van der Waals surface area (Å²) in [5, 5.41) is 18.5. The molecule has 0 amide bonds. The van der Waals surface area contributed by atoms with Crippen molar-refractivity contribution >= 4 is 5.97 Å². The highest BCUT2D eigenvalue weighted by atomic mass is 16.4. The van der Waals surface area contributed by atoms with Crippen LogP contribution in [0, 0.1) is 0 Å². The highest BCUT2D eigenvalue weighted by molar-refractivity contribution is 5.66. The van der Waals surface area contributed by atoms with Crippen molar-refractivity contribution < 1.29 is 15.0 Å². The largest absolute Gasteiger partial charge is 0.508 e. The average molecular weight is 249 g/mol. The van der Waals surface area contributed by atoms with E-state index in [2.05, 4.69) is 0 Å². The van der Waals surface area contributed by atoms with Gasteiger partial charge in [0.25, 0.3) is 0 Å². The molecule has 0 aromatic heterocycles. The van der Waals surface area contributed by atoms with Crippen LogP contribution in [0.5, 0.6) is 5.75 Å². The third-order valence-electron chi connectivity index (χ3n) is 3.52. The summed E-state index contributed by atoms with van der Waals surface area (Å²) in [4.78, 5) is 10.4. The molecule has 0 bridgehead atoms. The van der Waals surface area contributed by atoms with E-state index in [-0.39, 0.29) is 12.5 Å². The summed E-state index contributed by atoms with van der Waals surface area (Å²) in [5.74, 6) is -0.447. The number of carbonyl (C=O) groups is 1. The Morgan fingerprint density at radius 2 is 2.11 bits per heavy atom. The van der Waals surface area contributed by atoms with Gasteiger partial charge in [0, 0.05) is 12.5 Å². The first-order valence-electron chi connectivity index (χ1n) is 6.38. The summed E-state index contributed by atoms with van der Waals surface area (Å²) in [6, 6.07) is 3.82. The minimum Gasteiger partial charge on any atom is -0.508 e. The maximum absolute atomic E-state index is 10.4. The minimum absolute atomic E-state index is 0.152. The van der Waals surface area contributed by atoms with Crippen molar-refractivity contribution in [3.8, 4) is 5.75 Å². The lowest BCUT2D eigenvalue weighted by molar-refractivity contribution is -0.137. The summed E-state index contributed by atoms with van der Waals surface area (Å²) in [5.41, 5.74) is 9.31. The summed E-state index contributed by atoms with van der Waals surface area (Å²) in [7, 11) is 0. The number of unbranched alkanes of at least 4 members (excludes halogenated alkanes) is 1. The average Bonchev–Trinajstić information content (AvgIpc) is 2.67. The Bertz CT molecular complexity index is 457. The predicted octanol–water partition coefficient (Wildman–Crippen LogP) is 1.62. The fourth-order valence-electron chi connectivity index (χ4n) is 2.65. The lowest BCUT2D eigenvalue weighted by atomic mass is 9.97. The van der Waals surface area contributed by atoms with Crippen LogP contribution in [0.3, 0.4) is 0 Å². The van der Waals surface area contributed by atoms with Crippen LogP contribution in [0.1, 0.15) is 36.0 Å². The number of hydrogen-bond acceptors (Lipinski definition) is 3. The van der Waals surface area contributed by atoms with Crippen molar-refractivity contribution in [3.05, 3.63) is 28.8 Å². The summed E-state index contributed by atoms with van der Waals surface area (Å²) in [6.45, 7) is 0. The van der Waals surface area contributed by atoms with Gasteiger partial charge in [-0.3, -0.25) is 4.79 Å². The molecule has 0 spiro atoms. The Kier molecular flexibility index (Phi) is 3.87. The number of aromatic hydroxyl groups is 1. The van der Waals surface area contributed by atoms with Crippen molar-refractivity contribution in [2.45, 2.75) is 44.6 Å². The molecule has 0 saturated heterocycles. The summed E-state index contributed by atoms with van der Waals surface area (Å²) in [6.07, 6.45) is 4.04. The van der Waals surface area contributed by atoms with Crippen LogP contribution in [-0.2, 0) is 24.1 Å². The second-order valence-corrected chi connectivity index (χ2v) is 4.97. The molecule has 0 radical (unpaired) electrons. The Morgan fingerprint density at radius 1 is 1.33 bits per heavy atom. The molecule has 98 valence electrons. The van der Waals surface area contributed by atoms with Crippen molar-refractivity contribution in [1.82, 2.24) is 0 Å². The van der Waals surface area contributed by atoms with Gasteiger partial charge in [-0.25, -0.2) is 0 Å². The normalized spacial score (nSPS) is 17.7. The number of aliphatic carboxylic acids is 1. The van der Waals surface area contributed by atoms with Crippen LogP contribution in [0.4, 0.5) is 0 Å². The van der Waals surface area contributed by atoms with Crippen LogP contribution < -0.4 is 5.73 Å². The van der Waals surface area contributed by atoms with Gasteiger partial charge in [0.2, 0.25) is 0 Å². The van der Waals surface area contributed by atoms with Crippen LogP contribution in [0.25, 0.3) is 0 Å². The first-order chi connectivity index (χ1) is 8.58. The van der Waals surface area contributed by atoms with Gasteiger partial charge in [-0.2, -0.15) is 0 Å². The molecule has 0 fully saturated rings. The first-order valence-corrected chi connectivity index (χ1v) is 6.38. The maximum atomic E-state index is 10.4. The third-order valence-corrected chi connectivity index (χ3v) is 3.52. The van der Waals surface area contributed by atoms with Crippen LogP contribution in [0.15, 0.2) is 12.1 Å². The number of fused-ring (bicyclic) bond motifs is 1. The molecular formula is C14H19NO3. The molecule has 2 rings (SSSR count).